The van der Waals surface area contributed by atoms with Crippen LogP contribution >= 0.6 is 0 Å². The summed E-state index contributed by atoms with van der Waals surface area (Å²) in [5, 5.41) is 3.39. The number of nitrogens with zero attached hydrogens (tertiary/aromatic N) is 3. The smallest absolute Gasteiger partial charge is 0.225 e. The van der Waals surface area contributed by atoms with Gasteiger partial charge in [0.25, 0.3) is 0 Å². The molecule has 0 unspecified atom stereocenters. The van der Waals surface area contributed by atoms with Crippen molar-refractivity contribution in [2.75, 3.05) is 38.2 Å². The molecule has 0 spiro atoms. The SMILES string of the molecule is CCN(CC1CCNCC1)c1ncc(OC)cn1. The zero-order valence-corrected chi connectivity index (χ0v) is 11.2. The molecule has 0 radical (unpaired) electrons. The Balaban J connectivity index is 1.97. The van der Waals surface area contributed by atoms with Crippen LogP contribution in [-0.4, -0.2) is 43.3 Å². The summed E-state index contributed by atoms with van der Waals surface area (Å²) in [6, 6.07) is 0. The molecule has 0 amide bonds. The van der Waals surface area contributed by atoms with Crippen molar-refractivity contribution in [1.82, 2.24) is 15.3 Å². The molecule has 0 aliphatic carbocycles. The van der Waals surface area contributed by atoms with Crippen LogP contribution in [0.15, 0.2) is 12.4 Å². The minimum absolute atomic E-state index is 0.705. The zero-order valence-electron chi connectivity index (χ0n) is 11.2. The second kappa shape index (κ2) is 6.54. The van der Waals surface area contributed by atoms with Crippen molar-refractivity contribution in [2.24, 2.45) is 5.92 Å². The van der Waals surface area contributed by atoms with Gasteiger partial charge < -0.3 is 15.0 Å². The molecule has 0 bridgehead atoms. The van der Waals surface area contributed by atoms with Crippen molar-refractivity contribution in [3.63, 3.8) is 0 Å². The fraction of sp³-hybridized carbons (Fsp3) is 0.692. The second-order valence-corrected chi connectivity index (χ2v) is 4.65. The van der Waals surface area contributed by atoms with Gasteiger partial charge in [0, 0.05) is 13.1 Å². The molecule has 0 saturated carbocycles. The van der Waals surface area contributed by atoms with E-state index in [1.807, 2.05) is 0 Å². The first-order chi connectivity index (χ1) is 8.83. The molecule has 0 atom stereocenters. The summed E-state index contributed by atoms with van der Waals surface area (Å²) in [5.41, 5.74) is 0. The van der Waals surface area contributed by atoms with Crippen LogP contribution in [-0.2, 0) is 0 Å². The van der Waals surface area contributed by atoms with Gasteiger partial charge in [-0.2, -0.15) is 0 Å². The molecule has 1 aliphatic heterocycles. The van der Waals surface area contributed by atoms with E-state index in [2.05, 4.69) is 27.1 Å². The summed E-state index contributed by atoms with van der Waals surface area (Å²) >= 11 is 0. The van der Waals surface area contributed by atoms with E-state index in [0.29, 0.717) is 5.75 Å². The van der Waals surface area contributed by atoms with Crippen molar-refractivity contribution in [3.05, 3.63) is 12.4 Å². The summed E-state index contributed by atoms with van der Waals surface area (Å²) in [5.74, 6) is 2.26. The number of anilines is 1. The maximum Gasteiger partial charge on any atom is 0.225 e. The van der Waals surface area contributed by atoms with Gasteiger partial charge >= 0.3 is 0 Å². The Morgan fingerprint density at radius 2 is 2.00 bits per heavy atom. The molecule has 1 aromatic rings. The zero-order chi connectivity index (χ0) is 12.8. The number of nitrogens with one attached hydrogen (secondary N) is 1. The maximum absolute atomic E-state index is 5.08. The average molecular weight is 250 g/mol. The molecule has 0 aromatic carbocycles. The number of methoxy groups -OCH3 is 1. The number of ether oxygens (including phenoxy) is 1. The molecule has 1 aliphatic rings. The fourth-order valence-electron chi connectivity index (χ4n) is 2.31. The van der Waals surface area contributed by atoms with Gasteiger partial charge in [-0.3, -0.25) is 0 Å². The highest BCUT2D eigenvalue weighted by atomic mass is 16.5. The molecular formula is C13H22N4O. The molecule has 2 heterocycles. The van der Waals surface area contributed by atoms with Crippen LogP contribution in [0.25, 0.3) is 0 Å². The quantitative estimate of drug-likeness (QED) is 0.854. The van der Waals surface area contributed by atoms with Gasteiger partial charge in [-0.1, -0.05) is 0 Å². The molecule has 1 aromatic heterocycles. The standard InChI is InChI=1S/C13H22N4O/c1-3-17(10-11-4-6-14-7-5-11)13-15-8-12(18-2)9-16-13/h8-9,11,14H,3-7,10H2,1-2H3. The Hall–Kier alpha value is -1.36. The lowest BCUT2D eigenvalue weighted by molar-refractivity contribution is 0.373. The highest BCUT2D eigenvalue weighted by Gasteiger charge is 2.17. The van der Waals surface area contributed by atoms with Crippen LogP contribution in [0, 0.1) is 5.92 Å². The summed E-state index contributed by atoms with van der Waals surface area (Å²) in [7, 11) is 1.63. The number of aromatic nitrogens is 2. The molecule has 18 heavy (non-hydrogen) atoms. The van der Waals surface area contributed by atoms with Gasteiger partial charge in [0.15, 0.2) is 5.75 Å². The highest BCUT2D eigenvalue weighted by molar-refractivity contribution is 5.31. The molecular weight excluding hydrogens is 228 g/mol. The van der Waals surface area contributed by atoms with Gasteiger partial charge in [0.1, 0.15) is 0 Å². The second-order valence-electron chi connectivity index (χ2n) is 4.65. The van der Waals surface area contributed by atoms with E-state index in [1.165, 1.54) is 12.8 Å². The monoisotopic (exact) mass is 250 g/mol. The fourth-order valence-corrected chi connectivity index (χ4v) is 2.31. The van der Waals surface area contributed by atoms with E-state index < -0.39 is 0 Å². The maximum atomic E-state index is 5.08. The van der Waals surface area contributed by atoms with E-state index in [1.54, 1.807) is 19.5 Å². The Kier molecular flexibility index (Phi) is 4.75. The number of rotatable bonds is 5. The molecule has 100 valence electrons. The van der Waals surface area contributed by atoms with Gasteiger partial charge in [-0.25, -0.2) is 9.97 Å². The predicted molar refractivity (Wildman–Crippen MR) is 72.1 cm³/mol. The lowest BCUT2D eigenvalue weighted by atomic mass is 9.98. The van der Waals surface area contributed by atoms with Crippen molar-refractivity contribution < 1.29 is 4.74 Å². The van der Waals surface area contributed by atoms with Crippen molar-refractivity contribution in [1.29, 1.82) is 0 Å². The van der Waals surface area contributed by atoms with Crippen LogP contribution in [0.1, 0.15) is 19.8 Å². The van der Waals surface area contributed by atoms with Crippen molar-refractivity contribution >= 4 is 5.95 Å². The van der Waals surface area contributed by atoms with Gasteiger partial charge in [-0.15, -0.1) is 0 Å². The Labute approximate surface area is 109 Å². The summed E-state index contributed by atoms with van der Waals surface area (Å²) < 4.78 is 5.08. The van der Waals surface area contributed by atoms with Crippen molar-refractivity contribution in [3.8, 4) is 5.75 Å². The lowest BCUT2D eigenvalue weighted by Crippen LogP contribution is -2.36. The molecule has 2 rings (SSSR count). The van der Waals surface area contributed by atoms with Crippen LogP contribution in [0.4, 0.5) is 5.95 Å². The van der Waals surface area contributed by atoms with Crippen LogP contribution < -0.4 is 15.0 Å². The Morgan fingerprint density at radius 3 is 2.56 bits per heavy atom. The Morgan fingerprint density at radius 1 is 1.33 bits per heavy atom. The van der Waals surface area contributed by atoms with Gasteiger partial charge in [0.2, 0.25) is 5.95 Å². The molecule has 1 fully saturated rings. The third kappa shape index (κ3) is 3.32. The molecule has 5 heteroatoms. The number of hydrogen-bond donors (Lipinski definition) is 1. The van der Waals surface area contributed by atoms with Crippen LogP contribution in [0.5, 0.6) is 5.75 Å². The van der Waals surface area contributed by atoms with Crippen LogP contribution in [0.2, 0.25) is 0 Å². The van der Waals surface area contributed by atoms with E-state index in [4.69, 9.17) is 4.74 Å². The normalized spacial score (nSPS) is 16.6. The summed E-state index contributed by atoms with van der Waals surface area (Å²) in [6.07, 6.45) is 5.94. The summed E-state index contributed by atoms with van der Waals surface area (Å²) in [4.78, 5) is 11.0. The van der Waals surface area contributed by atoms with Crippen molar-refractivity contribution in [2.45, 2.75) is 19.8 Å². The van der Waals surface area contributed by atoms with Crippen LogP contribution in [0.3, 0.4) is 0 Å². The summed E-state index contributed by atoms with van der Waals surface area (Å²) in [6.45, 7) is 6.40. The topological polar surface area (TPSA) is 50.3 Å². The average Bonchev–Trinajstić information content (AvgIpc) is 2.46. The molecule has 1 N–H and O–H groups in total. The minimum Gasteiger partial charge on any atom is -0.494 e. The van der Waals surface area contributed by atoms with E-state index in [9.17, 15) is 0 Å². The van der Waals surface area contributed by atoms with E-state index >= 15 is 0 Å². The first kappa shape index (κ1) is 13.1. The molecule has 5 nitrogen and oxygen atoms in total. The number of hydrogen-bond acceptors (Lipinski definition) is 5. The van der Waals surface area contributed by atoms with E-state index in [0.717, 1.165) is 38.0 Å². The predicted octanol–water partition coefficient (Wildman–Crippen LogP) is 1.31. The third-order valence-corrected chi connectivity index (χ3v) is 3.45. The first-order valence-electron chi connectivity index (χ1n) is 6.65. The molecule has 1 saturated heterocycles. The van der Waals surface area contributed by atoms with Gasteiger partial charge in [-0.05, 0) is 38.8 Å². The van der Waals surface area contributed by atoms with Gasteiger partial charge in [0.05, 0.1) is 19.5 Å². The lowest BCUT2D eigenvalue weighted by Gasteiger charge is -2.29. The largest absolute Gasteiger partial charge is 0.494 e. The third-order valence-electron chi connectivity index (χ3n) is 3.45. The Bertz CT molecular complexity index is 349. The van der Waals surface area contributed by atoms with E-state index in [-0.39, 0.29) is 0 Å². The first-order valence-corrected chi connectivity index (χ1v) is 6.65. The highest BCUT2D eigenvalue weighted by Crippen LogP contribution is 2.17. The minimum atomic E-state index is 0.705. The number of piperidine rings is 1.